The first-order valence-corrected chi connectivity index (χ1v) is 11.6. The molecule has 1 aromatic rings. The number of hydrogen-bond donors (Lipinski definition) is 1. The summed E-state index contributed by atoms with van der Waals surface area (Å²) in [7, 11) is 0. The van der Waals surface area contributed by atoms with Gasteiger partial charge in [-0.3, -0.25) is 14.7 Å². The zero-order valence-electron chi connectivity index (χ0n) is 19.2. The van der Waals surface area contributed by atoms with Crippen molar-refractivity contribution >= 4 is 35.8 Å². The van der Waals surface area contributed by atoms with E-state index in [0.717, 1.165) is 82.5 Å². The van der Waals surface area contributed by atoms with Crippen molar-refractivity contribution in [2.24, 2.45) is 4.99 Å². The highest BCUT2D eigenvalue weighted by Crippen LogP contribution is 2.32. The monoisotopic (exact) mass is 557 g/mol. The van der Waals surface area contributed by atoms with E-state index in [1.807, 2.05) is 17.0 Å². The molecule has 0 spiro atoms. The fourth-order valence-corrected chi connectivity index (χ4v) is 4.49. The summed E-state index contributed by atoms with van der Waals surface area (Å²) in [4.78, 5) is 24.2. The lowest BCUT2D eigenvalue weighted by molar-refractivity contribution is -0.135. The largest absolute Gasteiger partial charge is 0.454 e. The molecule has 1 aromatic carbocycles. The number of benzene rings is 1. The van der Waals surface area contributed by atoms with Gasteiger partial charge in [0.2, 0.25) is 12.7 Å². The Morgan fingerprint density at radius 3 is 2.50 bits per heavy atom. The quantitative estimate of drug-likeness (QED) is 0.329. The summed E-state index contributed by atoms with van der Waals surface area (Å²) < 4.78 is 10.9. The number of aliphatic imine (C=N–C) groups is 1. The molecule has 8 nitrogen and oxygen atoms in total. The minimum atomic E-state index is -0.0363. The molecule has 1 amide bonds. The third-order valence-corrected chi connectivity index (χ3v) is 6.37. The van der Waals surface area contributed by atoms with Gasteiger partial charge < -0.3 is 24.6 Å². The van der Waals surface area contributed by atoms with Gasteiger partial charge in [0.1, 0.15) is 0 Å². The number of piperazine rings is 1. The molecule has 2 saturated heterocycles. The highest BCUT2D eigenvalue weighted by Gasteiger charge is 2.30. The fraction of sp³-hybridized carbons (Fsp3) is 0.652. The van der Waals surface area contributed by atoms with Gasteiger partial charge in [-0.1, -0.05) is 6.07 Å². The normalized spacial score (nSPS) is 19.6. The first-order chi connectivity index (χ1) is 15.2. The number of carbonyl (C=O) groups excluding carboxylic acids is 1. The second-order valence-corrected chi connectivity index (χ2v) is 8.40. The van der Waals surface area contributed by atoms with Gasteiger partial charge >= 0.3 is 0 Å². The van der Waals surface area contributed by atoms with E-state index in [4.69, 9.17) is 14.5 Å². The Labute approximate surface area is 208 Å². The SMILES string of the molecule is CCNC(=NCCc1ccc2c(c1)OCO2)N1CCN(C(C)C(=O)N2CCCC2)CC1.I. The zero-order valence-corrected chi connectivity index (χ0v) is 21.5. The average Bonchev–Trinajstić information content (AvgIpc) is 3.49. The molecular formula is C23H36IN5O3. The standard InChI is InChI=1S/C23H35N5O3.HI/c1-3-24-23(25-9-8-19-6-7-20-21(16-19)31-17-30-20)28-14-12-26(13-15-28)18(2)22(29)27-10-4-5-11-27;/h6-7,16,18H,3-5,8-15,17H2,1-2H3,(H,24,25);1H. The summed E-state index contributed by atoms with van der Waals surface area (Å²) in [5.74, 6) is 2.88. The van der Waals surface area contributed by atoms with Crippen LogP contribution in [0.4, 0.5) is 0 Å². The van der Waals surface area contributed by atoms with Gasteiger partial charge in [0, 0.05) is 52.4 Å². The summed E-state index contributed by atoms with van der Waals surface area (Å²) >= 11 is 0. The molecule has 32 heavy (non-hydrogen) atoms. The molecule has 4 rings (SSSR count). The third-order valence-electron chi connectivity index (χ3n) is 6.37. The van der Waals surface area contributed by atoms with Gasteiger partial charge in [0.15, 0.2) is 17.5 Å². The van der Waals surface area contributed by atoms with E-state index in [2.05, 4.69) is 35.0 Å². The van der Waals surface area contributed by atoms with Crippen LogP contribution in [-0.4, -0.2) is 91.8 Å². The van der Waals surface area contributed by atoms with E-state index in [1.165, 1.54) is 5.56 Å². The molecule has 2 fully saturated rings. The number of likely N-dealkylation sites (tertiary alicyclic amines) is 1. The Kier molecular flexibility index (Phi) is 9.27. The molecule has 3 heterocycles. The summed E-state index contributed by atoms with van der Waals surface area (Å²) in [5, 5.41) is 3.43. The number of ether oxygens (including phenoxy) is 2. The number of halogens is 1. The first-order valence-electron chi connectivity index (χ1n) is 11.6. The van der Waals surface area contributed by atoms with Crippen molar-refractivity contribution in [3.63, 3.8) is 0 Å². The van der Waals surface area contributed by atoms with E-state index >= 15 is 0 Å². The van der Waals surface area contributed by atoms with Gasteiger partial charge in [-0.25, -0.2) is 0 Å². The Hall–Kier alpha value is -1.75. The maximum atomic E-state index is 12.7. The van der Waals surface area contributed by atoms with Crippen molar-refractivity contribution in [3.05, 3.63) is 23.8 Å². The van der Waals surface area contributed by atoms with Crippen molar-refractivity contribution in [1.82, 2.24) is 20.0 Å². The van der Waals surface area contributed by atoms with Crippen molar-refractivity contribution < 1.29 is 14.3 Å². The van der Waals surface area contributed by atoms with Crippen LogP contribution in [0.15, 0.2) is 23.2 Å². The molecule has 9 heteroatoms. The number of fused-ring (bicyclic) bond motifs is 1. The lowest BCUT2D eigenvalue weighted by Gasteiger charge is -2.39. The molecule has 3 aliphatic heterocycles. The molecule has 0 aliphatic carbocycles. The molecule has 178 valence electrons. The fourth-order valence-electron chi connectivity index (χ4n) is 4.49. The summed E-state index contributed by atoms with van der Waals surface area (Å²) in [6.07, 6.45) is 3.13. The number of nitrogens with one attached hydrogen (secondary N) is 1. The van der Waals surface area contributed by atoms with Crippen LogP contribution in [0.5, 0.6) is 11.5 Å². The minimum absolute atomic E-state index is 0. The average molecular weight is 557 g/mol. The van der Waals surface area contributed by atoms with Crippen LogP contribution in [0.1, 0.15) is 32.3 Å². The summed E-state index contributed by atoms with van der Waals surface area (Å²) in [5.41, 5.74) is 1.20. The maximum absolute atomic E-state index is 12.7. The Bertz CT molecular complexity index is 792. The molecule has 0 bridgehead atoms. The smallest absolute Gasteiger partial charge is 0.239 e. The Morgan fingerprint density at radius 2 is 1.78 bits per heavy atom. The van der Waals surface area contributed by atoms with Gasteiger partial charge in [-0.15, -0.1) is 24.0 Å². The van der Waals surface area contributed by atoms with E-state index in [9.17, 15) is 4.79 Å². The van der Waals surface area contributed by atoms with Crippen LogP contribution in [0.25, 0.3) is 0 Å². The topological polar surface area (TPSA) is 69.6 Å². The van der Waals surface area contributed by atoms with Gasteiger partial charge in [-0.05, 0) is 50.8 Å². The van der Waals surface area contributed by atoms with Gasteiger partial charge in [0.25, 0.3) is 0 Å². The number of hydrogen-bond acceptors (Lipinski definition) is 5. The van der Waals surface area contributed by atoms with Crippen molar-refractivity contribution in [3.8, 4) is 11.5 Å². The van der Waals surface area contributed by atoms with Crippen LogP contribution < -0.4 is 14.8 Å². The summed E-state index contributed by atoms with van der Waals surface area (Å²) in [6.45, 7) is 11.4. The van der Waals surface area contributed by atoms with Crippen LogP contribution in [-0.2, 0) is 11.2 Å². The Balaban J connectivity index is 0.00000289. The molecule has 0 radical (unpaired) electrons. The molecule has 1 N–H and O–H groups in total. The third kappa shape index (κ3) is 5.98. The minimum Gasteiger partial charge on any atom is -0.454 e. The molecule has 1 atom stereocenters. The number of guanidine groups is 1. The van der Waals surface area contributed by atoms with Crippen LogP contribution in [0.3, 0.4) is 0 Å². The molecule has 0 saturated carbocycles. The number of rotatable bonds is 6. The van der Waals surface area contributed by atoms with E-state index in [0.29, 0.717) is 13.3 Å². The van der Waals surface area contributed by atoms with Crippen LogP contribution in [0.2, 0.25) is 0 Å². The first kappa shape index (κ1) is 24.9. The molecule has 3 aliphatic rings. The van der Waals surface area contributed by atoms with E-state index in [-0.39, 0.29) is 35.9 Å². The van der Waals surface area contributed by atoms with Gasteiger partial charge in [0.05, 0.1) is 6.04 Å². The van der Waals surface area contributed by atoms with Crippen molar-refractivity contribution in [2.45, 2.75) is 39.2 Å². The second kappa shape index (κ2) is 11.9. The van der Waals surface area contributed by atoms with Crippen LogP contribution >= 0.6 is 24.0 Å². The highest BCUT2D eigenvalue weighted by atomic mass is 127. The zero-order chi connectivity index (χ0) is 21.6. The Morgan fingerprint density at radius 1 is 1.06 bits per heavy atom. The predicted octanol–water partition coefficient (Wildman–Crippen LogP) is 2.17. The lowest BCUT2D eigenvalue weighted by Crippen LogP contribution is -2.57. The maximum Gasteiger partial charge on any atom is 0.239 e. The molecule has 1 unspecified atom stereocenters. The predicted molar refractivity (Wildman–Crippen MR) is 136 cm³/mol. The van der Waals surface area contributed by atoms with Gasteiger partial charge in [-0.2, -0.15) is 0 Å². The van der Waals surface area contributed by atoms with E-state index < -0.39 is 0 Å². The van der Waals surface area contributed by atoms with Crippen molar-refractivity contribution in [2.75, 3.05) is 59.2 Å². The van der Waals surface area contributed by atoms with Crippen LogP contribution in [0, 0.1) is 0 Å². The molecular weight excluding hydrogens is 521 g/mol. The number of amides is 1. The second-order valence-electron chi connectivity index (χ2n) is 8.40. The highest BCUT2D eigenvalue weighted by molar-refractivity contribution is 14.0. The number of carbonyl (C=O) groups is 1. The van der Waals surface area contributed by atoms with E-state index in [1.54, 1.807) is 0 Å². The van der Waals surface area contributed by atoms with Crippen molar-refractivity contribution in [1.29, 1.82) is 0 Å². The number of nitrogens with zero attached hydrogens (tertiary/aromatic N) is 4. The summed E-state index contributed by atoms with van der Waals surface area (Å²) in [6, 6.07) is 6.05. The molecule has 0 aromatic heterocycles. The lowest BCUT2D eigenvalue weighted by atomic mass is 10.1.